The SMILES string of the molecule is CCCCCCc1csc(-c2sc(-c3sc(-c4ccc5c(c4)c4ccccc4n5CC)cc3CCCCCC)cc2CCCCCC)c1. The average Bonchev–Trinajstić information content (AvgIpc) is 3.91. The maximum Gasteiger partial charge on any atom is 0.0491 e. The van der Waals surface area contributed by atoms with E-state index >= 15 is 0 Å². The summed E-state index contributed by atoms with van der Waals surface area (Å²) in [5.41, 5.74) is 8.70. The van der Waals surface area contributed by atoms with Crippen molar-refractivity contribution in [1.29, 1.82) is 0 Å². The number of aromatic nitrogens is 1. The van der Waals surface area contributed by atoms with Crippen LogP contribution in [0.4, 0.5) is 0 Å². The summed E-state index contributed by atoms with van der Waals surface area (Å²) in [6.45, 7) is 10.2. The zero-order valence-corrected chi connectivity index (χ0v) is 32.3. The molecule has 1 nitrogen and oxygen atoms in total. The van der Waals surface area contributed by atoms with Gasteiger partial charge in [0.25, 0.3) is 0 Å². The summed E-state index contributed by atoms with van der Waals surface area (Å²) in [6.07, 6.45) is 19.3. The zero-order valence-electron chi connectivity index (χ0n) is 29.8. The maximum absolute atomic E-state index is 2.59. The molecule has 0 N–H and O–H groups in total. The Bertz CT molecular complexity index is 1890. The number of unbranched alkanes of at least 4 members (excludes halogenated alkanes) is 9. The minimum atomic E-state index is 0.987. The van der Waals surface area contributed by atoms with Crippen molar-refractivity contribution in [1.82, 2.24) is 4.57 Å². The molecule has 48 heavy (non-hydrogen) atoms. The molecule has 4 heteroatoms. The molecule has 0 unspecified atom stereocenters. The average molecular weight is 694 g/mol. The van der Waals surface area contributed by atoms with Crippen LogP contribution in [0.5, 0.6) is 0 Å². The first-order chi connectivity index (χ1) is 23.6. The monoisotopic (exact) mass is 693 g/mol. The van der Waals surface area contributed by atoms with E-state index in [0.29, 0.717) is 0 Å². The summed E-state index contributed by atoms with van der Waals surface area (Å²) >= 11 is 6.08. The van der Waals surface area contributed by atoms with Gasteiger partial charge in [-0.25, -0.2) is 0 Å². The van der Waals surface area contributed by atoms with Gasteiger partial charge >= 0.3 is 0 Å². The van der Waals surface area contributed by atoms with E-state index in [-0.39, 0.29) is 0 Å². The van der Waals surface area contributed by atoms with Crippen LogP contribution in [-0.4, -0.2) is 4.57 Å². The van der Waals surface area contributed by atoms with E-state index in [1.807, 2.05) is 22.7 Å². The Balaban J connectivity index is 1.37. The smallest absolute Gasteiger partial charge is 0.0491 e. The molecule has 6 rings (SSSR count). The second-order valence-corrected chi connectivity index (χ2v) is 16.7. The van der Waals surface area contributed by atoms with Crippen LogP contribution in [0.1, 0.15) is 121 Å². The summed E-state index contributed by atoms with van der Waals surface area (Å²) in [6, 6.07) is 23.8. The summed E-state index contributed by atoms with van der Waals surface area (Å²) in [5, 5.41) is 5.18. The van der Waals surface area contributed by atoms with Crippen LogP contribution < -0.4 is 0 Å². The molecule has 0 fully saturated rings. The van der Waals surface area contributed by atoms with Gasteiger partial charge in [0.1, 0.15) is 0 Å². The first-order valence-electron chi connectivity index (χ1n) is 19.0. The molecule has 0 atom stereocenters. The van der Waals surface area contributed by atoms with Gasteiger partial charge in [-0.15, -0.1) is 34.0 Å². The second-order valence-electron chi connectivity index (χ2n) is 13.7. The van der Waals surface area contributed by atoms with E-state index in [2.05, 4.69) is 110 Å². The molecule has 4 heterocycles. The lowest BCUT2D eigenvalue weighted by molar-refractivity contribution is 0.667. The van der Waals surface area contributed by atoms with Crippen molar-refractivity contribution in [2.45, 2.75) is 131 Å². The summed E-state index contributed by atoms with van der Waals surface area (Å²) in [7, 11) is 0. The largest absolute Gasteiger partial charge is 0.341 e. The molecule has 0 aliphatic carbocycles. The van der Waals surface area contributed by atoms with Crippen molar-refractivity contribution in [2.24, 2.45) is 0 Å². The van der Waals surface area contributed by atoms with Crippen molar-refractivity contribution < 1.29 is 0 Å². The summed E-state index contributed by atoms with van der Waals surface area (Å²) < 4.78 is 2.46. The van der Waals surface area contributed by atoms with Crippen LogP contribution >= 0.6 is 34.0 Å². The predicted molar refractivity (Wildman–Crippen MR) is 219 cm³/mol. The molecule has 2 aromatic carbocycles. The molecule has 0 amide bonds. The Morgan fingerprint density at radius 1 is 0.521 bits per heavy atom. The van der Waals surface area contributed by atoms with E-state index < -0.39 is 0 Å². The van der Waals surface area contributed by atoms with Crippen LogP contribution in [0, 0.1) is 0 Å². The molecular weight excluding hydrogens is 639 g/mol. The Labute approximate surface area is 302 Å². The zero-order chi connectivity index (χ0) is 33.3. The lowest BCUT2D eigenvalue weighted by Gasteiger charge is -2.03. The van der Waals surface area contributed by atoms with Gasteiger partial charge in [0.2, 0.25) is 0 Å². The molecule has 6 aromatic rings. The van der Waals surface area contributed by atoms with E-state index in [1.54, 1.807) is 11.1 Å². The number of fused-ring (bicyclic) bond motifs is 3. The fraction of sp³-hybridized carbons (Fsp3) is 0.455. The summed E-state index contributed by atoms with van der Waals surface area (Å²) in [5.74, 6) is 0. The highest BCUT2D eigenvalue weighted by atomic mass is 32.1. The first-order valence-corrected chi connectivity index (χ1v) is 21.5. The van der Waals surface area contributed by atoms with E-state index in [0.717, 1.165) is 6.54 Å². The second kappa shape index (κ2) is 17.3. The standard InChI is InChI=1S/C44H55NS3/c1-5-9-12-15-20-32-27-41(46-31-32)43-35(22-17-14-11-7-3)30-42(48-43)44-34(21-16-13-10-6-2)29-40(47-44)33-25-26-39-37(28-33)36-23-18-19-24-38(36)45(39)8-4/h18-19,23-31H,5-17,20-22H2,1-4H3. The number of hydrogen-bond acceptors (Lipinski definition) is 3. The van der Waals surface area contributed by atoms with Crippen LogP contribution in [0.25, 0.3) is 51.8 Å². The molecule has 0 aliphatic rings. The normalized spacial score (nSPS) is 11.8. The molecule has 0 saturated heterocycles. The fourth-order valence-electron chi connectivity index (χ4n) is 7.31. The van der Waals surface area contributed by atoms with Crippen LogP contribution in [-0.2, 0) is 25.8 Å². The molecule has 0 spiro atoms. The molecular formula is C44H55NS3. The van der Waals surface area contributed by atoms with Gasteiger partial charge < -0.3 is 4.57 Å². The number of nitrogens with zero attached hydrogens (tertiary/aromatic N) is 1. The predicted octanol–water partition coefficient (Wildman–Crippen LogP) is 15.4. The minimum absolute atomic E-state index is 0.987. The van der Waals surface area contributed by atoms with Crippen molar-refractivity contribution in [3.8, 4) is 29.9 Å². The highest BCUT2D eigenvalue weighted by molar-refractivity contribution is 7.27. The van der Waals surface area contributed by atoms with Gasteiger partial charge in [-0.3, -0.25) is 0 Å². The van der Waals surface area contributed by atoms with Crippen molar-refractivity contribution in [3.05, 3.63) is 82.7 Å². The fourth-order valence-corrected chi connectivity index (χ4v) is 11.0. The minimum Gasteiger partial charge on any atom is -0.341 e. The number of hydrogen-bond donors (Lipinski definition) is 0. The Morgan fingerprint density at radius 3 is 1.81 bits per heavy atom. The Kier molecular flexibility index (Phi) is 12.7. The Hall–Kier alpha value is -2.66. The topological polar surface area (TPSA) is 4.93 Å². The molecule has 0 aliphatic heterocycles. The van der Waals surface area contributed by atoms with Crippen LogP contribution in [0.15, 0.2) is 66.0 Å². The first kappa shape index (κ1) is 35.2. The van der Waals surface area contributed by atoms with Gasteiger partial charge in [-0.1, -0.05) is 103 Å². The van der Waals surface area contributed by atoms with Crippen molar-refractivity contribution >= 4 is 55.8 Å². The highest BCUT2D eigenvalue weighted by Crippen LogP contribution is 2.47. The third-order valence-electron chi connectivity index (χ3n) is 10.0. The number of benzene rings is 2. The number of para-hydroxylation sites is 1. The van der Waals surface area contributed by atoms with Gasteiger partial charge in [-0.05, 0) is 109 Å². The third kappa shape index (κ3) is 8.03. The van der Waals surface area contributed by atoms with E-state index in [4.69, 9.17) is 0 Å². The lowest BCUT2D eigenvalue weighted by Crippen LogP contribution is -1.92. The molecule has 0 bridgehead atoms. The number of rotatable bonds is 19. The lowest BCUT2D eigenvalue weighted by atomic mass is 10.0. The van der Waals surface area contributed by atoms with Gasteiger partial charge in [-0.2, -0.15) is 0 Å². The Morgan fingerprint density at radius 2 is 1.12 bits per heavy atom. The van der Waals surface area contributed by atoms with E-state index in [1.165, 1.54) is 154 Å². The van der Waals surface area contributed by atoms with Crippen molar-refractivity contribution in [3.63, 3.8) is 0 Å². The maximum atomic E-state index is 2.59. The van der Waals surface area contributed by atoms with Gasteiger partial charge in [0, 0.05) is 52.7 Å². The van der Waals surface area contributed by atoms with Gasteiger partial charge in [0.05, 0.1) is 0 Å². The number of aryl methyl sites for hydroxylation is 4. The van der Waals surface area contributed by atoms with E-state index in [9.17, 15) is 0 Å². The van der Waals surface area contributed by atoms with Crippen LogP contribution in [0.2, 0.25) is 0 Å². The third-order valence-corrected chi connectivity index (χ3v) is 13.8. The highest BCUT2D eigenvalue weighted by Gasteiger charge is 2.20. The van der Waals surface area contributed by atoms with Crippen LogP contribution in [0.3, 0.4) is 0 Å². The molecule has 4 aromatic heterocycles. The van der Waals surface area contributed by atoms with Gasteiger partial charge in [0.15, 0.2) is 0 Å². The quantitative estimate of drug-likeness (QED) is 0.0744. The summed E-state index contributed by atoms with van der Waals surface area (Å²) in [4.78, 5) is 7.43. The van der Waals surface area contributed by atoms with Crippen molar-refractivity contribution in [2.75, 3.05) is 0 Å². The number of thiophene rings is 3. The molecule has 0 saturated carbocycles. The molecule has 0 radical (unpaired) electrons. The molecule has 254 valence electrons.